The van der Waals surface area contributed by atoms with Gasteiger partial charge < -0.3 is 10.2 Å². The molecule has 1 aromatic carbocycles. The molecule has 1 N–H and O–H groups in total. The predicted octanol–water partition coefficient (Wildman–Crippen LogP) is 3.24. The minimum Gasteiger partial charge on any atom is -0.346 e. The first kappa shape index (κ1) is 17.5. The van der Waals surface area contributed by atoms with E-state index in [2.05, 4.69) is 26.4 Å². The van der Waals surface area contributed by atoms with Gasteiger partial charge in [-0.25, -0.2) is 0 Å². The number of thiocarbonyl (C=S) groups is 1. The highest BCUT2D eigenvalue weighted by Crippen LogP contribution is 2.25. The molecule has 0 bridgehead atoms. The van der Waals surface area contributed by atoms with E-state index in [1.54, 1.807) is 12.1 Å². The molecule has 1 aromatic heterocycles. The maximum absolute atomic E-state index is 6.04. The normalized spacial score (nSPS) is 15.5. The van der Waals surface area contributed by atoms with Crippen molar-refractivity contribution in [2.24, 2.45) is 7.05 Å². The topological polar surface area (TPSA) is 36.3 Å². The van der Waals surface area contributed by atoms with Gasteiger partial charge in [-0.05, 0) is 30.4 Å². The number of hydrogen-bond acceptors (Lipinski definition) is 3. The zero-order chi connectivity index (χ0) is 17.1. The van der Waals surface area contributed by atoms with Crippen molar-refractivity contribution >= 4 is 46.2 Å². The highest BCUT2D eigenvalue weighted by atomic mass is 35.5. The summed E-state index contributed by atoms with van der Waals surface area (Å²) in [6.07, 6.45) is 3.98. The lowest BCUT2D eigenvalue weighted by Gasteiger charge is -2.36. The number of rotatable bonds is 3. The average molecular weight is 384 g/mol. The van der Waals surface area contributed by atoms with Crippen molar-refractivity contribution in [2.45, 2.75) is 6.54 Å². The molecule has 0 aliphatic carbocycles. The van der Waals surface area contributed by atoms with Crippen molar-refractivity contribution in [3.63, 3.8) is 0 Å². The van der Waals surface area contributed by atoms with Gasteiger partial charge in [0.1, 0.15) is 0 Å². The van der Waals surface area contributed by atoms with E-state index in [1.165, 1.54) is 5.56 Å². The smallest absolute Gasteiger partial charge is 0.173 e. The summed E-state index contributed by atoms with van der Waals surface area (Å²) in [5.41, 5.74) is 2.09. The zero-order valence-electron chi connectivity index (χ0n) is 13.4. The zero-order valence-corrected chi connectivity index (χ0v) is 15.7. The van der Waals surface area contributed by atoms with Crippen LogP contribution in [0.1, 0.15) is 5.56 Å². The molecule has 1 aliphatic heterocycles. The van der Waals surface area contributed by atoms with Crippen molar-refractivity contribution < 1.29 is 0 Å². The fourth-order valence-corrected chi connectivity index (χ4v) is 3.30. The van der Waals surface area contributed by atoms with Gasteiger partial charge in [-0.15, -0.1) is 0 Å². The largest absolute Gasteiger partial charge is 0.346 e. The van der Waals surface area contributed by atoms with Crippen molar-refractivity contribution in [1.82, 2.24) is 19.6 Å². The fourth-order valence-electron chi connectivity index (χ4n) is 2.70. The van der Waals surface area contributed by atoms with E-state index in [0.29, 0.717) is 10.0 Å². The first-order valence-electron chi connectivity index (χ1n) is 7.72. The van der Waals surface area contributed by atoms with Crippen LogP contribution in [0.5, 0.6) is 0 Å². The second kappa shape index (κ2) is 7.70. The van der Waals surface area contributed by atoms with E-state index in [1.807, 2.05) is 24.0 Å². The lowest BCUT2D eigenvalue weighted by atomic mass is 10.2. The van der Waals surface area contributed by atoms with Crippen LogP contribution in [0.4, 0.5) is 5.69 Å². The molecule has 2 aromatic rings. The van der Waals surface area contributed by atoms with Gasteiger partial charge in [0.2, 0.25) is 0 Å². The highest BCUT2D eigenvalue weighted by molar-refractivity contribution is 7.80. The Morgan fingerprint density at radius 3 is 2.58 bits per heavy atom. The van der Waals surface area contributed by atoms with Gasteiger partial charge in [0, 0.05) is 57.2 Å². The Morgan fingerprint density at radius 1 is 1.21 bits per heavy atom. The number of halogens is 2. The number of nitrogens with zero attached hydrogens (tertiary/aromatic N) is 4. The van der Waals surface area contributed by atoms with E-state index >= 15 is 0 Å². The summed E-state index contributed by atoms with van der Waals surface area (Å²) in [7, 11) is 1.94. The van der Waals surface area contributed by atoms with Gasteiger partial charge in [-0.2, -0.15) is 5.10 Å². The third-order valence-corrected chi connectivity index (χ3v) is 5.09. The Kier molecular flexibility index (Phi) is 5.61. The number of aryl methyl sites for hydroxylation is 1. The Bertz CT molecular complexity index is 725. The second-order valence-corrected chi connectivity index (χ2v) is 7.05. The average Bonchev–Trinajstić information content (AvgIpc) is 2.96. The van der Waals surface area contributed by atoms with Gasteiger partial charge in [-0.1, -0.05) is 23.2 Å². The second-order valence-electron chi connectivity index (χ2n) is 5.84. The molecule has 3 rings (SSSR count). The molecule has 8 heteroatoms. The Balaban J connectivity index is 1.50. The van der Waals surface area contributed by atoms with E-state index in [0.717, 1.165) is 43.5 Å². The van der Waals surface area contributed by atoms with Gasteiger partial charge >= 0.3 is 0 Å². The molecule has 0 saturated carbocycles. The number of piperazine rings is 1. The van der Waals surface area contributed by atoms with E-state index in [4.69, 9.17) is 35.4 Å². The standard InChI is InChI=1S/C16H19Cl2N5S/c1-21-10-12(9-19-21)11-22-4-6-23(7-5-22)16(24)20-13-2-3-14(17)15(18)8-13/h2-3,8-10H,4-7,11H2,1H3,(H,20,24). The lowest BCUT2D eigenvalue weighted by molar-refractivity contribution is 0.177. The number of hydrogen-bond donors (Lipinski definition) is 1. The molecule has 0 atom stereocenters. The van der Waals surface area contributed by atoms with Crippen LogP contribution in [-0.2, 0) is 13.6 Å². The molecule has 5 nitrogen and oxygen atoms in total. The first-order valence-corrected chi connectivity index (χ1v) is 8.88. The molecule has 1 saturated heterocycles. The lowest BCUT2D eigenvalue weighted by Crippen LogP contribution is -2.49. The van der Waals surface area contributed by atoms with Crippen LogP contribution in [0.2, 0.25) is 10.0 Å². The molecule has 0 radical (unpaired) electrons. The maximum Gasteiger partial charge on any atom is 0.173 e. The highest BCUT2D eigenvalue weighted by Gasteiger charge is 2.19. The van der Waals surface area contributed by atoms with Crippen LogP contribution in [0.15, 0.2) is 30.6 Å². The minimum absolute atomic E-state index is 0.519. The summed E-state index contributed by atoms with van der Waals surface area (Å²) in [5.74, 6) is 0. The molecule has 24 heavy (non-hydrogen) atoms. The quantitative estimate of drug-likeness (QED) is 0.823. The molecule has 1 fully saturated rings. The Hall–Kier alpha value is -1.34. The monoisotopic (exact) mass is 383 g/mol. The number of anilines is 1. The number of nitrogens with one attached hydrogen (secondary N) is 1. The fraction of sp³-hybridized carbons (Fsp3) is 0.375. The van der Waals surface area contributed by atoms with Crippen LogP contribution in [0.3, 0.4) is 0 Å². The number of benzene rings is 1. The molecular formula is C16H19Cl2N5S. The van der Waals surface area contributed by atoms with Gasteiger partial charge in [0.05, 0.1) is 16.2 Å². The predicted molar refractivity (Wildman–Crippen MR) is 103 cm³/mol. The molecule has 0 unspecified atom stereocenters. The van der Waals surface area contributed by atoms with Crippen molar-refractivity contribution in [2.75, 3.05) is 31.5 Å². The summed E-state index contributed by atoms with van der Waals surface area (Å²) >= 11 is 17.5. The summed E-state index contributed by atoms with van der Waals surface area (Å²) in [5, 5.41) is 9.22. The van der Waals surface area contributed by atoms with Crippen LogP contribution in [0.25, 0.3) is 0 Å². The first-order chi connectivity index (χ1) is 11.5. The van der Waals surface area contributed by atoms with E-state index in [-0.39, 0.29) is 0 Å². The van der Waals surface area contributed by atoms with Crippen LogP contribution < -0.4 is 5.32 Å². The van der Waals surface area contributed by atoms with Gasteiger partial charge in [-0.3, -0.25) is 9.58 Å². The van der Waals surface area contributed by atoms with E-state index < -0.39 is 0 Å². The third-order valence-electron chi connectivity index (χ3n) is 3.99. The molecule has 2 heterocycles. The third kappa shape index (κ3) is 4.39. The summed E-state index contributed by atoms with van der Waals surface area (Å²) in [6, 6.07) is 5.43. The van der Waals surface area contributed by atoms with Crippen LogP contribution in [0, 0.1) is 0 Å². The van der Waals surface area contributed by atoms with Crippen LogP contribution in [-0.4, -0.2) is 50.9 Å². The summed E-state index contributed by atoms with van der Waals surface area (Å²) in [4.78, 5) is 4.59. The molecule has 0 amide bonds. The van der Waals surface area contributed by atoms with E-state index in [9.17, 15) is 0 Å². The van der Waals surface area contributed by atoms with Crippen molar-refractivity contribution in [1.29, 1.82) is 0 Å². The van der Waals surface area contributed by atoms with Gasteiger partial charge in [0.15, 0.2) is 5.11 Å². The minimum atomic E-state index is 0.519. The van der Waals surface area contributed by atoms with Crippen molar-refractivity contribution in [3.8, 4) is 0 Å². The molecule has 128 valence electrons. The molecular weight excluding hydrogens is 365 g/mol. The SMILES string of the molecule is Cn1cc(CN2CCN(C(=S)Nc3ccc(Cl)c(Cl)c3)CC2)cn1. The Morgan fingerprint density at radius 2 is 1.96 bits per heavy atom. The summed E-state index contributed by atoms with van der Waals surface area (Å²) in [6.45, 7) is 4.66. The number of aromatic nitrogens is 2. The molecule has 1 aliphatic rings. The van der Waals surface area contributed by atoms with Gasteiger partial charge in [0.25, 0.3) is 0 Å². The Labute approximate surface area is 157 Å². The summed E-state index contributed by atoms with van der Waals surface area (Å²) < 4.78 is 1.84. The molecule has 0 spiro atoms. The maximum atomic E-state index is 6.04. The van der Waals surface area contributed by atoms with Crippen LogP contribution >= 0.6 is 35.4 Å². The van der Waals surface area contributed by atoms with Crippen molar-refractivity contribution in [3.05, 3.63) is 46.2 Å².